The summed E-state index contributed by atoms with van der Waals surface area (Å²) in [6.45, 7) is 32.9. The summed E-state index contributed by atoms with van der Waals surface area (Å²) in [5.41, 5.74) is 9.97. The van der Waals surface area contributed by atoms with Crippen molar-refractivity contribution in [3.05, 3.63) is 189 Å². The van der Waals surface area contributed by atoms with Gasteiger partial charge in [-0.05, 0) is 167 Å². The minimum absolute atomic E-state index is 0. The first-order valence-corrected chi connectivity index (χ1v) is 44.2. The Labute approximate surface area is 788 Å². The van der Waals surface area contributed by atoms with Crippen LogP contribution in [0.4, 0.5) is 22.7 Å². The molecule has 0 bridgehead atoms. The molecule has 6 aromatic rings. The van der Waals surface area contributed by atoms with Gasteiger partial charge in [0.05, 0.1) is 169 Å². The summed E-state index contributed by atoms with van der Waals surface area (Å²) in [5, 5.41) is 96.5. The van der Waals surface area contributed by atoms with Gasteiger partial charge in [0.1, 0.15) is 34.5 Å². The minimum atomic E-state index is -0.620. The second kappa shape index (κ2) is 70.0. The molecule has 4 saturated heterocycles. The van der Waals surface area contributed by atoms with Crippen LogP contribution >= 0.6 is 0 Å². The van der Waals surface area contributed by atoms with Crippen LogP contribution in [0, 0.1) is 37.8 Å². The molecule has 0 spiro atoms. The summed E-state index contributed by atoms with van der Waals surface area (Å²) in [4.78, 5) is 106. The number of ketones is 6. The largest absolute Gasteiger partial charge is 0.493 e. The van der Waals surface area contributed by atoms with Gasteiger partial charge < -0.3 is 96.3 Å². The number of nitrogens with two attached hydrogens (primary N) is 1. The predicted molar refractivity (Wildman–Crippen MR) is 496 cm³/mol. The standard InChI is InChI=1S/C16H22N2O6.C16H24N2O4.C16H23NO4.2C13H17NO5.C13H18O3.C5H10O.C2H6O.CH3.Pd/c1-12(20)14-9-13(11-19)16(10-15(14)18(21)22)24-6-2-3-17-4-7-23-8-5-17;1-12(20)14-9-13(11-19)16(10-15(14)17)22-6-2-3-18-4-7-21-8-5-18;1-13(19)14-3-4-16(15(11-14)12-18)21-8-2-5-17-6-9-20-10-7-17;2*1-3-4-5-19-13-7-12(14(17)18)11(9(2)16)6-10(13)8-15;1-3-4-7-16-13-6-5-11(10(2)15)8-12(13)9-14;1-2-4-6-5-3-1;1-2-3;;/h9-10,19H,2-8,11H2,1H3;9-10,19H,2-8,11,17H2,1H3;3-4,11,18H,2,5-10,12H2,1H3;2*6-7,15H,3-5,8H2,1-2H3;5-6,8,14H,3-4,7,9H2,1-2H3;1-5H2;3H,2H2,1H3;1H3;/q;;;;;;;;-1;. The Morgan fingerprint density at radius 2 is 0.576 bits per heavy atom. The van der Waals surface area contributed by atoms with Gasteiger partial charge in [-0.25, -0.2) is 0 Å². The van der Waals surface area contributed by atoms with Crippen LogP contribution in [0.2, 0.25) is 0 Å². The second-order valence-corrected chi connectivity index (χ2v) is 30.2. The molecule has 10 rings (SSSR count). The van der Waals surface area contributed by atoms with E-state index in [1.165, 1.54) is 97.2 Å². The molecule has 37 heteroatoms. The van der Waals surface area contributed by atoms with Crippen molar-refractivity contribution < 1.29 is 147 Å². The molecule has 0 saturated carbocycles. The van der Waals surface area contributed by atoms with Crippen molar-refractivity contribution in [1.82, 2.24) is 14.7 Å². The third-order valence-electron chi connectivity index (χ3n) is 20.1. The monoisotopic (exact) mass is 1950 g/mol. The van der Waals surface area contributed by atoms with Crippen molar-refractivity contribution in [2.24, 2.45) is 0 Å². The molecular formula is C95H140N7O29Pd-. The third-order valence-corrected chi connectivity index (χ3v) is 20.1. The number of nitro groups is 3. The Balaban J connectivity index is 0.000000776. The number of hydrogen-bond donors (Lipinski definition) is 8. The fourth-order valence-electron chi connectivity index (χ4n) is 12.8. The molecule has 9 N–H and O–H groups in total. The summed E-state index contributed by atoms with van der Waals surface area (Å²) in [6.07, 6.45) is 12.1. The maximum atomic E-state index is 11.5. The fraction of sp³-hybridized carbons (Fsp3) is 0.547. The number of rotatable bonds is 42. The zero-order valence-electron chi connectivity index (χ0n) is 78.5. The number of unbranched alkanes of at least 4 members (excludes halogenated alkanes) is 3. The van der Waals surface area contributed by atoms with Gasteiger partial charge in [0, 0.05) is 161 Å². The van der Waals surface area contributed by atoms with Gasteiger partial charge in [-0.15, -0.1) is 0 Å². The number of nitrogen functional groups attached to an aromatic ring is 1. The molecule has 740 valence electrons. The molecule has 0 radical (unpaired) electrons. The average Bonchev–Trinajstić information content (AvgIpc) is 0.820. The molecule has 0 aromatic heterocycles. The number of nitrogens with zero attached hydrogens (tertiary/aromatic N) is 6. The van der Waals surface area contributed by atoms with Crippen LogP contribution in [0.25, 0.3) is 0 Å². The van der Waals surface area contributed by atoms with Crippen LogP contribution < -0.4 is 34.2 Å². The first-order valence-electron chi connectivity index (χ1n) is 44.2. The van der Waals surface area contributed by atoms with Gasteiger partial charge in [-0.1, -0.05) is 40.0 Å². The topological polar surface area (TPSA) is 501 Å². The SMILES string of the molecule is C1CCOCC1.CC(=O)c1cc(CO)c(OCCCN2CCOCC2)cc1N.CC(=O)c1cc(CO)c(OCCCN2CCOCC2)cc1[N+](=O)[O-].CC(=O)c1ccc(OCCCN2CCOCC2)c(CO)c1.CCCCOc1cc([N+](=O)[O-])c(C(C)=O)cc1CO.CCCCOc1cc([N+](=O)[O-])c(C(C)=O)cc1CO.CCCCOc1ccc(C(C)=O)cc1CO.CCO.[CH3-].[Pd]. The van der Waals surface area contributed by atoms with Crippen molar-refractivity contribution in [2.45, 2.75) is 186 Å². The number of hydrogen-bond acceptors (Lipinski definition) is 33. The zero-order valence-corrected chi connectivity index (χ0v) is 80.0. The zero-order chi connectivity index (χ0) is 96.3. The van der Waals surface area contributed by atoms with Crippen LogP contribution in [0.15, 0.2) is 84.9 Å². The van der Waals surface area contributed by atoms with Crippen LogP contribution in [-0.2, 0) is 79.0 Å². The first kappa shape index (κ1) is 120. The van der Waals surface area contributed by atoms with Crippen molar-refractivity contribution in [3.8, 4) is 34.5 Å². The van der Waals surface area contributed by atoms with Crippen molar-refractivity contribution in [2.75, 3.05) is 164 Å². The number of anilines is 1. The van der Waals surface area contributed by atoms with E-state index in [0.717, 1.165) is 170 Å². The molecular weight excluding hydrogens is 1810 g/mol. The number of aliphatic hydroxyl groups excluding tert-OH is 7. The van der Waals surface area contributed by atoms with Crippen molar-refractivity contribution in [3.63, 3.8) is 0 Å². The molecule has 4 fully saturated rings. The van der Waals surface area contributed by atoms with Gasteiger partial charge in [-0.2, -0.15) is 0 Å². The molecule has 4 aliphatic rings. The Kier molecular flexibility index (Phi) is 63.8. The Morgan fingerprint density at radius 1 is 0.341 bits per heavy atom. The molecule has 0 aliphatic carbocycles. The number of morpholine rings is 3. The number of carbonyl (C=O) groups is 6. The molecule has 0 atom stereocenters. The summed E-state index contributed by atoms with van der Waals surface area (Å²) in [7, 11) is 0. The number of nitro benzene ring substituents is 3. The number of Topliss-reactive ketones (excluding diaryl/α,β-unsaturated/α-hetero) is 6. The summed E-state index contributed by atoms with van der Waals surface area (Å²) in [5.74, 6) is 1.25. The van der Waals surface area contributed by atoms with Crippen LogP contribution in [0.1, 0.15) is 242 Å². The predicted octanol–water partition coefficient (Wildman–Crippen LogP) is 13.1. The molecule has 6 aromatic carbocycles. The number of ether oxygens (including phenoxy) is 10. The average molecular weight is 1950 g/mol. The van der Waals surface area contributed by atoms with Crippen LogP contribution in [0.3, 0.4) is 0 Å². The molecule has 4 heterocycles. The van der Waals surface area contributed by atoms with Crippen LogP contribution in [-0.4, -0.2) is 258 Å². The van der Waals surface area contributed by atoms with E-state index < -0.39 is 32.1 Å². The third kappa shape index (κ3) is 45.3. The number of carbonyl (C=O) groups excluding carboxylic acids is 6. The second-order valence-electron chi connectivity index (χ2n) is 30.2. The van der Waals surface area contributed by atoms with Crippen molar-refractivity contribution in [1.29, 1.82) is 0 Å². The van der Waals surface area contributed by atoms with Gasteiger partial charge in [0.25, 0.3) is 17.1 Å². The number of benzene rings is 6. The van der Waals surface area contributed by atoms with Crippen molar-refractivity contribution >= 4 is 57.4 Å². The normalized spacial score (nSPS) is 13.3. The fourth-order valence-corrected chi connectivity index (χ4v) is 12.8. The Bertz CT molecular complexity index is 4340. The van der Waals surface area contributed by atoms with E-state index in [2.05, 4.69) is 21.6 Å². The summed E-state index contributed by atoms with van der Waals surface area (Å²) < 4.78 is 54.4. The maximum Gasteiger partial charge on any atom is 0.283 e. The van der Waals surface area contributed by atoms with E-state index in [0.29, 0.717) is 113 Å². The Hall–Kier alpha value is -9.76. The van der Waals surface area contributed by atoms with E-state index in [1.807, 2.05) is 13.8 Å². The molecule has 36 nitrogen and oxygen atoms in total. The van der Waals surface area contributed by atoms with E-state index >= 15 is 0 Å². The number of aliphatic hydroxyl groups is 7. The molecule has 132 heavy (non-hydrogen) atoms. The van der Waals surface area contributed by atoms with E-state index in [-0.39, 0.29) is 142 Å². The van der Waals surface area contributed by atoms with Gasteiger partial charge in [0.15, 0.2) is 34.7 Å². The first-order chi connectivity index (χ1) is 62.5. The Morgan fingerprint density at radius 3 is 0.795 bits per heavy atom. The van der Waals surface area contributed by atoms with Crippen LogP contribution in [0.5, 0.6) is 34.5 Å². The summed E-state index contributed by atoms with van der Waals surface area (Å²) in [6, 6.07) is 21.2. The minimum Gasteiger partial charge on any atom is -0.493 e. The van der Waals surface area contributed by atoms with Gasteiger partial charge in [-0.3, -0.25) is 73.8 Å². The van der Waals surface area contributed by atoms with E-state index in [4.69, 9.17) is 58.2 Å². The maximum absolute atomic E-state index is 11.5. The molecule has 4 aliphatic heterocycles. The van der Waals surface area contributed by atoms with Gasteiger partial charge >= 0.3 is 0 Å². The quantitative estimate of drug-likeness (QED) is 0.00335. The van der Waals surface area contributed by atoms with E-state index in [1.54, 1.807) is 55.5 Å². The summed E-state index contributed by atoms with van der Waals surface area (Å²) >= 11 is 0. The molecule has 0 amide bonds. The smallest absolute Gasteiger partial charge is 0.283 e. The van der Waals surface area contributed by atoms with Gasteiger partial charge in [0.2, 0.25) is 0 Å². The molecule has 0 unspecified atom stereocenters. The van der Waals surface area contributed by atoms with E-state index in [9.17, 15) is 89.7 Å².